The maximum atomic E-state index is 14.1. The van der Waals surface area contributed by atoms with E-state index in [2.05, 4.69) is 0 Å². The fourth-order valence-electron chi connectivity index (χ4n) is 6.01. The number of carbonyl (C=O) groups is 2. The van der Waals surface area contributed by atoms with E-state index in [9.17, 15) is 24.5 Å². The van der Waals surface area contributed by atoms with Gasteiger partial charge < -0.3 is 19.1 Å². The van der Waals surface area contributed by atoms with Gasteiger partial charge in [-0.3, -0.25) is 19.7 Å². The fraction of sp³-hybridized carbons (Fsp3) is 0.406. The first-order valence-electron chi connectivity index (χ1n) is 14.4. The maximum absolute atomic E-state index is 14.1. The summed E-state index contributed by atoms with van der Waals surface area (Å²) in [5.41, 5.74) is 0.264. The number of carbonyl (C=O) groups excluding carboxylic acids is 2. The van der Waals surface area contributed by atoms with E-state index in [1.165, 1.54) is 35.0 Å². The van der Waals surface area contributed by atoms with E-state index in [4.69, 9.17) is 16.3 Å². The molecule has 11 heteroatoms. The Morgan fingerprint density at radius 3 is 2.40 bits per heavy atom. The molecule has 0 N–H and O–H groups in total. The summed E-state index contributed by atoms with van der Waals surface area (Å²) in [4.78, 5) is 55.0. The molecule has 10 nitrogen and oxygen atoms in total. The van der Waals surface area contributed by atoms with Crippen LogP contribution in [-0.4, -0.2) is 63.1 Å². The topological polar surface area (TPSA) is 115 Å². The fourth-order valence-corrected chi connectivity index (χ4v) is 6.18. The van der Waals surface area contributed by atoms with Crippen LogP contribution in [0.5, 0.6) is 0 Å². The maximum Gasteiger partial charge on any atom is 0.410 e. The number of ether oxygens (including phenoxy) is 1. The Labute approximate surface area is 255 Å². The number of piperidine rings is 1. The van der Waals surface area contributed by atoms with Crippen molar-refractivity contribution in [3.63, 3.8) is 0 Å². The van der Waals surface area contributed by atoms with Crippen molar-refractivity contribution < 1.29 is 19.2 Å². The third-order valence-corrected chi connectivity index (χ3v) is 8.31. The van der Waals surface area contributed by atoms with Crippen LogP contribution >= 0.6 is 11.6 Å². The zero-order chi connectivity index (χ0) is 30.9. The third-order valence-electron chi connectivity index (χ3n) is 8.07. The van der Waals surface area contributed by atoms with Gasteiger partial charge in [-0.1, -0.05) is 41.9 Å². The molecule has 2 saturated heterocycles. The van der Waals surface area contributed by atoms with Crippen molar-refractivity contribution in [2.75, 3.05) is 26.2 Å². The SMILES string of the molecule is CC(C)(C)OC(=O)N1CCC2CN(C(=O)C(Cc3ccccc3)n3ccc(-c4cc(Cl)ccc4[N+](=O)[O-])cc3=O)CC2C1. The lowest BCUT2D eigenvalue weighted by atomic mass is 9.89. The van der Waals surface area contributed by atoms with Crippen molar-refractivity contribution in [3.05, 3.63) is 97.9 Å². The summed E-state index contributed by atoms with van der Waals surface area (Å²) in [6, 6.07) is 15.8. The molecule has 3 atom stereocenters. The molecule has 2 aliphatic rings. The molecule has 0 saturated carbocycles. The summed E-state index contributed by atoms with van der Waals surface area (Å²) >= 11 is 6.12. The average molecular weight is 607 g/mol. The van der Waals surface area contributed by atoms with Gasteiger partial charge in [-0.15, -0.1) is 0 Å². The Bertz CT molecular complexity index is 1580. The van der Waals surface area contributed by atoms with E-state index in [0.717, 1.165) is 12.0 Å². The van der Waals surface area contributed by atoms with E-state index in [1.807, 2.05) is 56.0 Å². The Morgan fingerprint density at radius 1 is 1.02 bits per heavy atom. The molecule has 3 heterocycles. The Kier molecular flexibility index (Phi) is 8.59. The van der Waals surface area contributed by atoms with E-state index in [1.54, 1.807) is 11.0 Å². The minimum Gasteiger partial charge on any atom is -0.444 e. The average Bonchev–Trinajstić information content (AvgIpc) is 3.39. The number of rotatable bonds is 6. The van der Waals surface area contributed by atoms with Gasteiger partial charge in [-0.2, -0.15) is 0 Å². The number of nitro benzene ring substituents is 1. The molecule has 2 fully saturated rings. The molecule has 3 unspecified atom stereocenters. The second-order valence-corrected chi connectivity index (χ2v) is 12.7. The first-order chi connectivity index (χ1) is 20.4. The number of likely N-dealkylation sites (tertiary alicyclic amines) is 2. The summed E-state index contributed by atoms with van der Waals surface area (Å²) in [6.45, 7) is 7.64. The van der Waals surface area contributed by atoms with Crippen LogP contribution in [0, 0.1) is 22.0 Å². The van der Waals surface area contributed by atoms with Crippen molar-refractivity contribution in [1.29, 1.82) is 0 Å². The number of benzene rings is 2. The van der Waals surface area contributed by atoms with Crippen molar-refractivity contribution in [2.45, 2.75) is 45.3 Å². The van der Waals surface area contributed by atoms with Gasteiger partial charge in [0.25, 0.3) is 11.2 Å². The molecule has 0 radical (unpaired) electrons. The molecule has 43 heavy (non-hydrogen) atoms. The molecule has 5 rings (SSSR count). The second-order valence-electron chi connectivity index (χ2n) is 12.3. The number of aromatic nitrogens is 1. The summed E-state index contributed by atoms with van der Waals surface area (Å²) in [7, 11) is 0. The molecule has 2 amide bonds. The van der Waals surface area contributed by atoms with Crippen LogP contribution in [0.3, 0.4) is 0 Å². The first kappa shape index (κ1) is 30.3. The lowest BCUT2D eigenvalue weighted by molar-refractivity contribution is -0.384. The Balaban J connectivity index is 1.41. The predicted octanol–water partition coefficient (Wildman–Crippen LogP) is 5.58. The molecule has 0 spiro atoms. The van der Waals surface area contributed by atoms with Gasteiger partial charge in [-0.05, 0) is 68.4 Å². The minimum absolute atomic E-state index is 0.116. The van der Waals surface area contributed by atoms with Gasteiger partial charge in [0, 0.05) is 56.0 Å². The lowest BCUT2D eigenvalue weighted by Crippen LogP contribution is -2.45. The largest absolute Gasteiger partial charge is 0.444 e. The number of nitrogens with zero attached hydrogens (tertiary/aromatic N) is 4. The molecule has 0 aliphatic carbocycles. The smallest absolute Gasteiger partial charge is 0.410 e. The van der Waals surface area contributed by atoms with Gasteiger partial charge in [0.2, 0.25) is 5.91 Å². The van der Waals surface area contributed by atoms with Crippen molar-refractivity contribution in [3.8, 4) is 11.1 Å². The van der Waals surface area contributed by atoms with Gasteiger partial charge in [0.15, 0.2) is 0 Å². The van der Waals surface area contributed by atoms with Crippen LogP contribution in [0.1, 0.15) is 38.8 Å². The lowest BCUT2D eigenvalue weighted by Gasteiger charge is -2.35. The molecule has 3 aromatic rings. The van der Waals surface area contributed by atoms with Crippen LogP contribution in [-0.2, 0) is 16.0 Å². The van der Waals surface area contributed by atoms with Crippen LogP contribution in [0.4, 0.5) is 10.5 Å². The second kappa shape index (κ2) is 12.2. The predicted molar refractivity (Wildman–Crippen MR) is 163 cm³/mol. The number of hydrogen-bond donors (Lipinski definition) is 0. The van der Waals surface area contributed by atoms with E-state index >= 15 is 0 Å². The number of fused-ring (bicyclic) bond motifs is 1. The van der Waals surface area contributed by atoms with E-state index in [0.29, 0.717) is 43.2 Å². The molecule has 226 valence electrons. The molecule has 1 aromatic heterocycles. The normalized spacial score (nSPS) is 19.1. The van der Waals surface area contributed by atoms with Gasteiger partial charge in [-0.25, -0.2) is 4.79 Å². The number of amides is 2. The van der Waals surface area contributed by atoms with Gasteiger partial charge in [0.05, 0.1) is 10.5 Å². The molecular weight excluding hydrogens is 572 g/mol. The molecule has 2 aliphatic heterocycles. The summed E-state index contributed by atoms with van der Waals surface area (Å²) in [6.07, 6.45) is 2.25. The summed E-state index contributed by atoms with van der Waals surface area (Å²) in [5, 5.41) is 11.9. The highest BCUT2D eigenvalue weighted by atomic mass is 35.5. The van der Waals surface area contributed by atoms with E-state index < -0.39 is 22.1 Å². The zero-order valence-electron chi connectivity index (χ0n) is 24.4. The standard InChI is InChI=1S/C32H35ClN4O6/c1-32(2,3)43-31(40)34-13-11-23-18-35(20-24(23)19-34)30(39)28(15-21-7-5-4-6-8-21)36-14-12-22(16-29(36)38)26-17-25(33)9-10-27(26)37(41)42/h4-10,12,14,16-17,23-24,28H,11,13,15,18-20H2,1-3H3. The van der Waals surface area contributed by atoms with Crippen LogP contribution in [0.15, 0.2) is 71.7 Å². The molecule has 0 bridgehead atoms. The van der Waals surface area contributed by atoms with Crippen LogP contribution in [0.2, 0.25) is 5.02 Å². The molecule has 2 aromatic carbocycles. The molecular formula is C32H35ClN4O6. The van der Waals surface area contributed by atoms with Crippen molar-refractivity contribution >= 4 is 29.3 Å². The third kappa shape index (κ3) is 6.91. The summed E-state index contributed by atoms with van der Waals surface area (Å²) in [5.74, 6) is 0.193. The Morgan fingerprint density at radius 2 is 1.72 bits per heavy atom. The number of halogens is 1. The highest BCUT2D eigenvalue weighted by Crippen LogP contribution is 2.34. The zero-order valence-corrected chi connectivity index (χ0v) is 25.2. The highest BCUT2D eigenvalue weighted by molar-refractivity contribution is 6.31. The number of pyridine rings is 1. The van der Waals surface area contributed by atoms with Crippen molar-refractivity contribution in [1.82, 2.24) is 14.4 Å². The van der Waals surface area contributed by atoms with Crippen molar-refractivity contribution in [2.24, 2.45) is 11.8 Å². The minimum atomic E-state index is -0.819. The highest BCUT2D eigenvalue weighted by Gasteiger charge is 2.42. The number of nitro groups is 1. The van der Waals surface area contributed by atoms with Gasteiger partial charge in [0.1, 0.15) is 11.6 Å². The first-order valence-corrected chi connectivity index (χ1v) is 14.7. The van der Waals surface area contributed by atoms with Crippen LogP contribution in [0.25, 0.3) is 11.1 Å². The van der Waals surface area contributed by atoms with Gasteiger partial charge >= 0.3 is 6.09 Å². The summed E-state index contributed by atoms with van der Waals surface area (Å²) < 4.78 is 6.97. The number of hydrogen-bond acceptors (Lipinski definition) is 6. The van der Waals surface area contributed by atoms with Crippen LogP contribution < -0.4 is 5.56 Å². The Hall–Kier alpha value is -4.18. The monoisotopic (exact) mass is 606 g/mol. The quantitative estimate of drug-likeness (QED) is 0.267. The van der Waals surface area contributed by atoms with E-state index in [-0.39, 0.29) is 35.1 Å².